The van der Waals surface area contributed by atoms with E-state index in [1.54, 1.807) is 24.3 Å². The summed E-state index contributed by atoms with van der Waals surface area (Å²) < 4.78 is 27.0. The van der Waals surface area contributed by atoms with Crippen LogP contribution in [-0.4, -0.2) is 33.5 Å². The van der Waals surface area contributed by atoms with E-state index >= 15 is 0 Å². The Labute approximate surface area is 197 Å². The zero-order valence-electron chi connectivity index (χ0n) is 18.8. The molecule has 3 rings (SSSR count). The summed E-state index contributed by atoms with van der Waals surface area (Å²) >= 11 is 0. The fourth-order valence-electron chi connectivity index (χ4n) is 3.74. The lowest BCUT2D eigenvalue weighted by Gasteiger charge is -2.15. The fraction of sp³-hybridized carbons (Fsp3) is 0.250. The summed E-state index contributed by atoms with van der Waals surface area (Å²) in [7, 11) is 0. The molecule has 0 fully saturated rings. The van der Waals surface area contributed by atoms with E-state index in [-0.39, 0.29) is 18.1 Å². The molecule has 0 amide bonds. The lowest BCUT2D eigenvalue weighted by atomic mass is 9.89. The minimum Gasteiger partial charge on any atom is -0.481 e. The van der Waals surface area contributed by atoms with Crippen molar-refractivity contribution in [2.75, 3.05) is 0 Å². The van der Waals surface area contributed by atoms with E-state index in [4.69, 9.17) is 5.11 Å². The van der Waals surface area contributed by atoms with Gasteiger partial charge in [0, 0.05) is 12.0 Å². The van der Waals surface area contributed by atoms with Crippen molar-refractivity contribution in [3.63, 3.8) is 0 Å². The molecular formula is C28H26F2O4. The number of carboxylic acid groups (broad SMARTS) is 1. The van der Waals surface area contributed by atoms with Gasteiger partial charge in [-0.25, -0.2) is 8.78 Å². The van der Waals surface area contributed by atoms with Gasteiger partial charge in [-0.05, 0) is 70.6 Å². The van der Waals surface area contributed by atoms with Gasteiger partial charge < -0.3 is 15.3 Å². The second-order valence-electron chi connectivity index (χ2n) is 8.09. The molecule has 176 valence electrons. The Kier molecular flexibility index (Phi) is 8.53. The minimum absolute atomic E-state index is 0.193. The van der Waals surface area contributed by atoms with Gasteiger partial charge in [0.05, 0.1) is 12.5 Å². The maximum Gasteiger partial charge on any atom is 0.305 e. The van der Waals surface area contributed by atoms with Crippen LogP contribution < -0.4 is 0 Å². The van der Waals surface area contributed by atoms with E-state index < -0.39 is 24.6 Å². The van der Waals surface area contributed by atoms with Gasteiger partial charge in [-0.2, -0.15) is 0 Å². The van der Waals surface area contributed by atoms with Crippen molar-refractivity contribution in [3.05, 3.63) is 83.4 Å². The normalized spacial score (nSPS) is 12.5. The molecule has 4 nitrogen and oxygen atoms in total. The van der Waals surface area contributed by atoms with Gasteiger partial charge >= 0.3 is 5.97 Å². The Bertz CT molecular complexity index is 1190. The molecule has 0 heterocycles. The van der Waals surface area contributed by atoms with Crippen LogP contribution in [-0.2, 0) is 11.2 Å². The summed E-state index contributed by atoms with van der Waals surface area (Å²) in [6, 6.07) is 16.0. The first kappa shape index (κ1) is 25.1. The quantitative estimate of drug-likeness (QED) is 0.401. The van der Waals surface area contributed by atoms with E-state index in [1.807, 2.05) is 19.1 Å². The summed E-state index contributed by atoms with van der Waals surface area (Å²) in [6.07, 6.45) is -1.60. The maximum absolute atomic E-state index is 13.6. The van der Waals surface area contributed by atoms with Crippen LogP contribution in [0.1, 0.15) is 37.3 Å². The van der Waals surface area contributed by atoms with Gasteiger partial charge in [0.25, 0.3) is 0 Å². The van der Waals surface area contributed by atoms with Crippen molar-refractivity contribution in [3.8, 4) is 34.1 Å². The smallest absolute Gasteiger partial charge is 0.305 e. The standard InChI is InChI=1S/C28H26F2O4/c1-2-3-20-14-21(18-4-8-22(29)9-5-18)15-27(19-6-10-23(30)11-7-19)26(20)13-12-24(31)16-25(32)17-28(33)34/h4-11,14-15,24-25,31-32H,2-3,16-17H2,1H3,(H,33,34)/t24-,25-/m1/s1. The lowest BCUT2D eigenvalue weighted by Crippen LogP contribution is -2.19. The van der Waals surface area contributed by atoms with Gasteiger partial charge in [-0.15, -0.1) is 0 Å². The molecule has 34 heavy (non-hydrogen) atoms. The maximum atomic E-state index is 13.6. The number of hydrogen-bond acceptors (Lipinski definition) is 3. The van der Waals surface area contributed by atoms with Crippen molar-refractivity contribution < 1.29 is 28.9 Å². The van der Waals surface area contributed by atoms with Crippen LogP contribution in [0.2, 0.25) is 0 Å². The molecule has 0 saturated heterocycles. The topological polar surface area (TPSA) is 77.8 Å². The van der Waals surface area contributed by atoms with Crippen LogP contribution in [0.3, 0.4) is 0 Å². The molecular weight excluding hydrogens is 438 g/mol. The molecule has 6 heteroatoms. The highest BCUT2D eigenvalue weighted by atomic mass is 19.1. The third-order valence-electron chi connectivity index (χ3n) is 5.34. The first-order valence-electron chi connectivity index (χ1n) is 11.0. The molecule has 0 aromatic heterocycles. The van der Waals surface area contributed by atoms with Crippen LogP contribution in [0.4, 0.5) is 8.78 Å². The molecule has 0 bridgehead atoms. The van der Waals surface area contributed by atoms with E-state index in [9.17, 15) is 23.8 Å². The summed E-state index contributed by atoms with van der Waals surface area (Å²) in [5, 5.41) is 28.8. The number of hydrogen-bond donors (Lipinski definition) is 3. The van der Waals surface area contributed by atoms with Crippen LogP contribution in [0, 0.1) is 23.5 Å². The van der Waals surface area contributed by atoms with Crippen molar-refractivity contribution in [2.45, 2.75) is 44.8 Å². The van der Waals surface area contributed by atoms with Gasteiger partial charge in [-0.1, -0.05) is 49.5 Å². The molecule has 0 aliphatic rings. The highest BCUT2D eigenvalue weighted by Crippen LogP contribution is 2.33. The second kappa shape index (κ2) is 11.6. The average Bonchev–Trinajstić information content (AvgIpc) is 2.78. The Balaban J connectivity index is 2.10. The van der Waals surface area contributed by atoms with E-state index in [0.29, 0.717) is 12.0 Å². The van der Waals surface area contributed by atoms with Crippen molar-refractivity contribution in [1.29, 1.82) is 0 Å². The number of aryl methyl sites for hydroxylation is 1. The SMILES string of the molecule is CCCc1cc(-c2ccc(F)cc2)cc(-c2ccc(F)cc2)c1C#C[C@@H](O)C[C@@H](O)CC(=O)O. The molecule has 3 aromatic carbocycles. The van der Waals surface area contributed by atoms with E-state index in [0.717, 1.165) is 34.2 Å². The van der Waals surface area contributed by atoms with E-state index in [1.165, 1.54) is 24.3 Å². The number of carbonyl (C=O) groups is 1. The Morgan fingerprint density at radius 2 is 1.50 bits per heavy atom. The van der Waals surface area contributed by atoms with Gasteiger partial charge in [-0.3, -0.25) is 4.79 Å². The monoisotopic (exact) mass is 464 g/mol. The van der Waals surface area contributed by atoms with Crippen LogP contribution in [0.25, 0.3) is 22.3 Å². The molecule has 3 aromatic rings. The minimum atomic E-state index is -1.22. The number of benzene rings is 3. The Morgan fingerprint density at radius 3 is 2.06 bits per heavy atom. The highest BCUT2D eigenvalue weighted by molar-refractivity contribution is 5.80. The summed E-state index contributed by atoms with van der Waals surface area (Å²) in [6.45, 7) is 2.02. The Hall–Kier alpha value is -3.53. The number of aliphatic carboxylic acids is 1. The van der Waals surface area contributed by atoms with Crippen LogP contribution in [0.5, 0.6) is 0 Å². The first-order valence-corrected chi connectivity index (χ1v) is 11.0. The zero-order chi connectivity index (χ0) is 24.7. The third kappa shape index (κ3) is 6.74. The summed E-state index contributed by atoms with van der Waals surface area (Å²) in [5.74, 6) is 3.87. The number of aliphatic hydroxyl groups excluding tert-OH is 2. The number of carboxylic acids is 1. The first-order chi connectivity index (χ1) is 16.3. The Morgan fingerprint density at radius 1 is 0.912 bits per heavy atom. The predicted octanol–water partition coefficient (Wildman–Crippen LogP) is 5.19. The van der Waals surface area contributed by atoms with Crippen LogP contribution in [0.15, 0.2) is 60.7 Å². The molecule has 0 unspecified atom stereocenters. The average molecular weight is 465 g/mol. The molecule has 3 N–H and O–H groups in total. The zero-order valence-corrected chi connectivity index (χ0v) is 18.8. The number of aliphatic hydroxyl groups is 2. The van der Waals surface area contributed by atoms with Gasteiger partial charge in [0.1, 0.15) is 17.7 Å². The van der Waals surface area contributed by atoms with Gasteiger partial charge in [0.15, 0.2) is 0 Å². The lowest BCUT2D eigenvalue weighted by molar-refractivity contribution is -0.139. The molecule has 0 aliphatic carbocycles. The van der Waals surface area contributed by atoms with Gasteiger partial charge in [0.2, 0.25) is 0 Å². The molecule has 0 radical (unpaired) electrons. The van der Waals surface area contributed by atoms with Crippen molar-refractivity contribution in [1.82, 2.24) is 0 Å². The predicted molar refractivity (Wildman–Crippen MR) is 127 cm³/mol. The van der Waals surface area contributed by atoms with Crippen molar-refractivity contribution >= 4 is 5.97 Å². The molecule has 2 atom stereocenters. The second-order valence-corrected chi connectivity index (χ2v) is 8.09. The molecule has 0 saturated carbocycles. The summed E-state index contributed by atoms with van der Waals surface area (Å²) in [5.41, 5.74) is 4.70. The summed E-state index contributed by atoms with van der Waals surface area (Å²) in [4.78, 5) is 10.8. The molecule has 0 aliphatic heterocycles. The highest BCUT2D eigenvalue weighted by Gasteiger charge is 2.15. The number of halogens is 2. The third-order valence-corrected chi connectivity index (χ3v) is 5.34. The van der Waals surface area contributed by atoms with E-state index in [2.05, 4.69) is 11.8 Å². The van der Waals surface area contributed by atoms with Crippen LogP contribution >= 0.6 is 0 Å². The fourth-order valence-corrected chi connectivity index (χ4v) is 3.74. The largest absolute Gasteiger partial charge is 0.481 e. The van der Waals surface area contributed by atoms with Crippen molar-refractivity contribution in [2.24, 2.45) is 0 Å². The number of rotatable bonds is 8. The molecule has 0 spiro atoms.